The fraction of sp³-hybridized carbons (Fsp3) is 1.00. The van der Waals surface area contributed by atoms with Crippen molar-refractivity contribution in [2.75, 3.05) is 13.1 Å². The normalized spacial score (nSPS) is 27.6. The van der Waals surface area contributed by atoms with Gasteiger partial charge in [0.05, 0.1) is 0 Å². The molecule has 1 saturated heterocycles. The van der Waals surface area contributed by atoms with Crippen LogP contribution >= 0.6 is 0 Å². The Kier molecular flexibility index (Phi) is 3.71. The Bertz CT molecular complexity index is 194. The third-order valence-corrected chi connectivity index (χ3v) is 4.74. The van der Waals surface area contributed by atoms with Crippen molar-refractivity contribution in [1.29, 1.82) is 0 Å². The number of hydrogen-bond acceptors (Lipinski definition) is 1. The Hall–Kier alpha value is -0.0400. The Morgan fingerprint density at radius 2 is 1.87 bits per heavy atom. The molecule has 1 saturated carbocycles. The van der Waals surface area contributed by atoms with Gasteiger partial charge in [0.2, 0.25) is 0 Å². The van der Waals surface area contributed by atoms with Gasteiger partial charge in [0.15, 0.2) is 0 Å². The summed E-state index contributed by atoms with van der Waals surface area (Å²) in [6, 6.07) is 0.884. The van der Waals surface area contributed by atoms with Crippen molar-refractivity contribution in [2.45, 2.75) is 71.3 Å². The zero-order chi connectivity index (χ0) is 10.7. The van der Waals surface area contributed by atoms with Crippen molar-refractivity contribution in [3.63, 3.8) is 0 Å². The zero-order valence-corrected chi connectivity index (χ0v) is 10.6. The molecule has 0 bridgehead atoms. The molecular formula is C14H27N. The van der Waals surface area contributed by atoms with Crippen LogP contribution in [0.15, 0.2) is 0 Å². The summed E-state index contributed by atoms with van der Waals surface area (Å²) in [5.41, 5.74) is 0.765. The fourth-order valence-electron chi connectivity index (χ4n) is 3.79. The standard InChI is InChI=1S/C14H27N/c1-3-7-13(4-2)15-11-10-14(12-15)8-5-6-9-14/h13H,3-12H2,1-2H3. The molecule has 88 valence electrons. The molecule has 2 aliphatic rings. The van der Waals surface area contributed by atoms with Gasteiger partial charge in [-0.25, -0.2) is 0 Å². The van der Waals surface area contributed by atoms with Crippen molar-refractivity contribution >= 4 is 0 Å². The Morgan fingerprint density at radius 1 is 1.13 bits per heavy atom. The summed E-state index contributed by atoms with van der Waals surface area (Å²) in [4.78, 5) is 2.80. The maximum absolute atomic E-state index is 2.80. The lowest BCUT2D eigenvalue weighted by atomic mass is 9.85. The van der Waals surface area contributed by atoms with Crippen molar-refractivity contribution in [2.24, 2.45) is 5.41 Å². The van der Waals surface area contributed by atoms with Crippen LogP contribution in [-0.4, -0.2) is 24.0 Å². The summed E-state index contributed by atoms with van der Waals surface area (Å²) in [6.45, 7) is 7.49. The van der Waals surface area contributed by atoms with Gasteiger partial charge in [-0.05, 0) is 44.1 Å². The van der Waals surface area contributed by atoms with E-state index in [0.717, 1.165) is 11.5 Å². The Balaban J connectivity index is 1.90. The van der Waals surface area contributed by atoms with Crippen molar-refractivity contribution in [3.8, 4) is 0 Å². The molecule has 1 unspecified atom stereocenters. The van der Waals surface area contributed by atoms with Crippen LogP contribution in [0.4, 0.5) is 0 Å². The molecule has 0 aromatic heterocycles. The lowest BCUT2D eigenvalue weighted by Crippen LogP contribution is -2.34. The van der Waals surface area contributed by atoms with E-state index in [2.05, 4.69) is 18.7 Å². The van der Waals surface area contributed by atoms with Gasteiger partial charge in [0.25, 0.3) is 0 Å². The Labute approximate surface area is 95.2 Å². The summed E-state index contributed by atoms with van der Waals surface area (Å²) in [5, 5.41) is 0. The zero-order valence-electron chi connectivity index (χ0n) is 10.6. The van der Waals surface area contributed by atoms with E-state index in [0.29, 0.717) is 0 Å². The molecule has 0 aromatic carbocycles. The van der Waals surface area contributed by atoms with E-state index in [1.54, 1.807) is 0 Å². The van der Waals surface area contributed by atoms with Crippen LogP contribution in [0.5, 0.6) is 0 Å². The van der Waals surface area contributed by atoms with Gasteiger partial charge in [0, 0.05) is 12.6 Å². The predicted octanol–water partition coefficient (Wildman–Crippen LogP) is 3.83. The van der Waals surface area contributed by atoms with Crippen LogP contribution in [0.3, 0.4) is 0 Å². The van der Waals surface area contributed by atoms with E-state index in [9.17, 15) is 0 Å². The molecule has 0 N–H and O–H groups in total. The number of nitrogens with zero attached hydrogens (tertiary/aromatic N) is 1. The molecule has 2 rings (SSSR count). The highest BCUT2D eigenvalue weighted by Crippen LogP contribution is 2.46. The SMILES string of the molecule is CCCC(CC)N1CCC2(CCCC2)C1. The summed E-state index contributed by atoms with van der Waals surface area (Å²) < 4.78 is 0. The molecule has 0 radical (unpaired) electrons. The van der Waals surface area contributed by atoms with E-state index in [1.165, 1.54) is 64.5 Å². The average Bonchev–Trinajstić information content (AvgIpc) is 2.86. The summed E-state index contributed by atoms with van der Waals surface area (Å²) in [6.07, 6.45) is 11.6. The van der Waals surface area contributed by atoms with Crippen LogP contribution < -0.4 is 0 Å². The third-order valence-electron chi connectivity index (χ3n) is 4.74. The molecule has 1 nitrogen and oxygen atoms in total. The molecule has 0 amide bonds. The second-order valence-corrected chi connectivity index (χ2v) is 5.78. The van der Waals surface area contributed by atoms with Gasteiger partial charge in [0.1, 0.15) is 0 Å². The minimum Gasteiger partial charge on any atom is -0.300 e. The van der Waals surface area contributed by atoms with Crippen LogP contribution in [0.2, 0.25) is 0 Å². The van der Waals surface area contributed by atoms with Gasteiger partial charge in [-0.15, -0.1) is 0 Å². The second kappa shape index (κ2) is 4.86. The number of rotatable bonds is 4. The van der Waals surface area contributed by atoms with Crippen molar-refractivity contribution in [3.05, 3.63) is 0 Å². The van der Waals surface area contributed by atoms with Gasteiger partial charge in [-0.1, -0.05) is 33.1 Å². The number of hydrogen-bond donors (Lipinski definition) is 0. The van der Waals surface area contributed by atoms with Gasteiger partial charge < -0.3 is 0 Å². The molecule has 0 aromatic rings. The maximum Gasteiger partial charge on any atom is 0.00927 e. The quantitative estimate of drug-likeness (QED) is 0.680. The minimum atomic E-state index is 0.765. The first-order valence-corrected chi connectivity index (χ1v) is 7.04. The molecule has 1 atom stereocenters. The highest BCUT2D eigenvalue weighted by Gasteiger charge is 2.41. The number of likely N-dealkylation sites (tertiary alicyclic amines) is 1. The van der Waals surface area contributed by atoms with Crippen molar-refractivity contribution in [1.82, 2.24) is 4.90 Å². The lowest BCUT2D eigenvalue weighted by molar-refractivity contribution is 0.189. The van der Waals surface area contributed by atoms with Crippen molar-refractivity contribution < 1.29 is 0 Å². The predicted molar refractivity (Wildman–Crippen MR) is 66.1 cm³/mol. The molecule has 15 heavy (non-hydrogen) atoms. The monoisotopic (exact) mass is 209 g/mol. The van der Waals surface area contributed by atoms with E-state index >= 15 is 0 Å². The van der Waals surface area contributed by atoms with E-state index in [4.69, 9.17) is 0 Å². The van der Waals surface area contributed by atoms with Gasteiger partial charge >= 0.3 is 0 Å². The summed E-state index contributed by atoms with van der Waals surface area (Å²) in [7, 11) is 0. The van der Waals surface area contributed by atoms with E-state index < -0.39 is 0 Å². The first kappa shape index (κ1) is 11.4. The molecule has 1 heteroatoms. The topological polar surface area (TPSA) is 3.24 Å². The molecule has 2 fully saturated rings. The molecular weight excluding hydrogens is 182 g/mol. The Morgan fingerprint density at radius 3 is 2.47 bits per heavy atom. The van der Waals surface area contributed by atoms with E-state index in [1.807, 2.05) is 0 Å². The maximum atomic E-state index is 2.80. The second-order valence-electron chi connectivity index (χ2n) is 5.78. The average molecular weight is 209 g/mol. The molecule has 1 aliphatic heterocycles. The lowest BCUT2D eigenvalue weighted by Gasteiger charge is -2.29. The van der Waals surface area contributed by atoms with Crippen LogP contribution in [0.1, 0.15) is 65.2 Å². The fourth-order valence-corrected chi connectivity index (χ4v) is 3.79. The third kappa shape index (κ3) is 2.38. The van der Waals surface area contributed by atoms with Crippen LogP contribution in [0, 0.1) is 5.41 Å². The first-order chi connectivity index (χ1) is 7.29. The van der Waals surface area contributed by atoms with Gasteiger partial charge in [-0.2, -0.15) is 0 Å². The van der Waals surface area contributed by atoms with Gasteiger partial charge in [-0.3, -0.25) is 4.90 Å². The summed E-state index contributed by atoms with van der Waals surface area (Å²) >= 11 is 0. The summed E-state index contributed by atoms with van der Waals surface area (Å²) in [5.74, 6) is 0. The highest BCUT2D eigenvalue weighted by molar-refractivity contribution is 4.94. The molecule has 1 heterocycles. The minimum absolute atomic E-state index is 0.765. The van der Waals surface area contributed by atoms with Crippen LogP contribution in [0.25, 0.3) is 0 Å². The van der Waals surface area contributed by atoms with Crippen LogP contribution in [-0.2, 0) is 0 Å². The molecule has 1 spiro atoms. The first-order valence-electron chi connectivity index (χ1n) is 7.04. The smallest absolute Gasteiger partial charge is 0.00927 e. The molecule has 1 aliphatic carbocycles. The highest BCUT2D eigenvalue weighted by atomic mass is 15.2. The largest absolute Gasteiger partial charge is 0.300 e. The van der Waals surface area contributed by atoms with E-state index in [-0.39, 0.29) is 0 Å².